The van der Waals surface area contributed by atoms with Crippen molar-refractivity contribution in [2.75, 3.05) is 66.5 Å². The van der Waals surface area contributed by atoms with Crippen molar-refractivity contribution in [2.24, 2.45) is 0 Å². The van der Waals surface area contributed by atoms with Crippen LogP contribution in [0.5, 0.6) is 0 Å². The van der Waals surface area contributed by atoms with Gasteiger partial charge in [0.15, 0.2) is 21.7 Å². The Hall–Kier alpha value is -12.1. The van der Waals surface area contributed by atoms with Crippen LogP contribution in [0, 0.1) is 0 Å². The number of anilines is 6. The van der Waals surface area contributed by atoms with Crippen LogP contribution in [0.25, 0.3) is 93.1 Å². The molecule has 0 bridgehead atoms. The zero-order valence-corrected chi connectivity index (χ0v) is 58.2. The Morgan fingerprint density at radius 3 is 1.16 bits per heavy atom. The van der Waals surface area contributed by atoms with E-state index in [0.717, 1.165) is 64.1 Å². The number of benzene rings is 4. The molecule has 0 fully saturated rings. The lowest BCUT2D eigenvalue weighted by molar-refractivity contribution is 0.266. The molecule has 0 spiro atoms. The summed E-state index contributed by atoms with van der Waals surface area (Å²) in [6, 6.07) is 54.2. The third-order valence-corrected chi connectivity index (χ3v) is 20.8. The molecule has 0 saturated heterocycles. The average molecular weight is 1350 g/mol. The summed E-state index contributed by atoms with van der Waals surface area (Å²) in [4.78, 5) is 43.6. The fourth-order valence-electron chi connectivity index (χ4n) is 15.5. The van der Waals surface area contributed by atoms with Crippen LogP contribution in [0.15, 0.2) is 225 Å². The van der Waals surface area contributed by atoms with E-state index in [1.807, 2.05) is 72.4 Å². The third kappa shape index (κ3) is 10.8. The fraction of sp³-hybridized carbons (Fsp3) is 0.179. The van der Waals surface area contributed by atoms with Crippen molar-refractivity contribution >= 4 is 155 Å². The zero-order chi connectivity index (χ0) is 72.1. The molecule has 8 aliphatic rings. The summed E-state index contributed by atoms with van der Waals surface area (Å²) in [6.45, 7) is 6.65. The highest BCUT2D eigenvalue weighted by Crippen LogP contribution is 2.45. The number of pyridine rings is 4. The molecule has 0 aliphatic carbocycles. The number of hydrogen-bond acceptors (Lipinski definition) is 20. The van der Waals surface area contributed by atoms with Crippen molar-refractivity contribution in [3.8, 4) is 0 Å². The summed E-state index contributed by atoms with van der Waals surface area (Å²) < 4.78 is 46.5. The zero-order valence-electron chi connectivity index (χ0n) is 61.2. The quantitative estimate of drug-likeness (QED) is 0.154. The number of hydrogen-bond donors (Lipinski definition) is 0. The highest BCUT2D eigenvalue weighted by Gasteiger charge is 2.43. The Balaban J connectivity index is 0.000000104. The van der Waals surface area contributed by atoms with E-state index in [-0.39, 0.29) is 52.6 Å². The van der Waals surface area contributed by atoms with Gasteiger partial charge in [0.25, 0.3) is 0 Å². The summed E-state index contributed by atoms with van der Waals surface area (Å²) >= 11 is 0. The van der Waals surface area contributed by atoms with Gasteiger partial charge >= 0.3 is 27.9 Å². The first kappa shape index (κ1) is 59.9. The van der Waals surface area contributed by atoms with Crippen LogP contribution in [0.3, 0.4) is 0 Å². The van der Waals surface area contributed by atoms with Crippen molar-refractivity contribution in [1.82, 2.24) is 53.7 Å². The van der Waals surface area contributed by atoms with Gasteiger partial charge in [0.1, 0.15) is 0 Å². The predicted molar refractivity (Wildman–Crippen MR) is 414 cm³/mol. The molecule has 8 aliphatic heterocycles. The van der Waals surface area contributed by atoms with E-state index in [1.54, 1.807) is 31.0 Å². The smallest absolute Gasteiger partial charge is 0.405 e. The summed E-state index contributed by atoms with van der Waals surface area (Å²) in [7, 11) is 10.4. The third-order valence-electron chi connectivity index (χ3n) is 20.8. The van der Waals surface area contributed by atoms with Gasteiger partial charge in [0.05, 0.1) is 47.4 Å². The van der Waals surface area contributed by atoms with Crippen LogP contribution in [-0.4, -0.2) is 149 Å². The van der Waals surface area contributed by atoms with Gasteiger partial charge in [0.2, 0.25) is 22.9 Å². The van der Waals surface area contributed by atoms with E-state index >= 15 is 0 Å². The maximum absolute atomic E-state index is 7.64. The summed E-state index contributed by atoms with van der Waals surface area (Å²) in [6.07, 6.45) is 23.3. The Labute approximate surface area is 596 Å². The highest BCUT2D eigenvalue weighted by atomic mass is 16.3. The van der Waals surface area contributed by atoms with Crippen LogP contribution in [0.4, 0.5) is 34.1 Å². The average Bonchev–Trinajstić information content (AvgIpc) is 1.64. The molecule has 0 saturated carbocycles. The van der Waals surface area contributed by atoms with Gasteiger partial charge in [-0.2, -0.15) is 0 Å². The standard InChI is InChI=1S/C24H21BN4O.C20H19BN4O.C19H19BN4O.C15H17BN4O/c1-17-28(18-9-4-3-5-10-18)21-12-6-7-13-22(21)29(17)25-15-20-19-11-8-14-26-24(19)30-23(20)16-27(25)2;1-15-24(16-7-4-3-5-8-16)11-12-25(15)21-13-18-17-9-6-10-22-20(17)26-19(18)14-23(21)2;1-13-23(3)16-8-4-5-9-17(16)24(13)20-11-15-14-7-6-10-21-19(14)25-18(15)12-22(20)2;1-11-18(2)7-8-20(11)16-9-13-12-5-4-6-17-15(12)21-14(13)10-19(16)3/h3-17H,1-2H3;3-15H,1-2H3;4-13H,1-3H3;4-11H,1-3H3/t17-;15-;13-;11-/m0000/s1/i;;;2D3. The second-order valence-corrected chi connectivity index (χ2v) is 26.7. The van der Waals surface area contributed by atoms with Gasteiger partial charge in [0, 0.05) is 146 Å². The van der Waals surface area contributed by atoms with Gasteiger partial charge in [-0.1, -0.05) is 84.6 Å². The van der Waals surface area contributed by atoms with Crippen LogP contribution in [0.2, 0.25) is 0 Å². The molecule has 0 radical (unpaired) electrons. The molecular formula is C78H76B4N16O4. The first-order valence-electron chi connectivity index (χ1n) is 36.0. The molecule has 16 heterocycles. The monoisotopic (exact) mass is 1350 g/mol. The maximum atomic E-state index is 7.64. The second kappa shape index (κ2) is 25.6. The molecule has 24 heteroatoms. The molecule has 12 aromatic rings. The van der Waals surface area contributed by atoms with Gasteiger partial charge in [-0.25, -0.2) is 19.9 Å². The number of fused-ring (bicyclic) bond motifs is 14. The van der Waals surface area contributed by atoms with E-state index in [4.69, 9.17) is 21.8 Å². The first-order chi connectivity index (χ1) is 50.9. The second-order valence-electron chi connectivity index (χ2n) is 26.7. The van der Waals surface area contributed by atoms with Crippen molar-refractivity contribution in [3.05, 3.63) is 250 Å². The normalized spacial score (nSPS) is 19.5. The minimum absolute atomic E-state index is 0.0587. The van der Waals surface area contributed by atoms with Gasteiger partial charge in [-0.15, -0.1) is 0 Å². The molecule has 102 heavy (non-hydrogen) atoms. The summed E-state index contributed by atoms with van der Waals surface area (Å²) in [5, 5.41) is 8.51. The molecule has 0 N–H and O–H groups in total. The molecule has 20 rings (SSSR count). The summed E-state index contributed by atoms with van der Waals surface area (Å²) in [5.74, 6) is 8.94. The van der Waals surface area contributed by atoms with E-state index in [2.05, 4.69) is 289 Å². The molecule has 0 unspecified atom stereocenters. The van der Waals surface area contributed by atoms with Crippen molar-refractivity contribution in [1.29, 1.82) is 0 Å². The van der Waals surface area contributed by atoms with Gasteiger partial charge < -0.3 is 75.8 Å². The van der Waals surface area contributed by atoms with Gasteiger partial charge in [-0.05, 0) is 153 Å². The first-order valence-corrected chi connectivity index (χ1v) is 34.5. The van der Waals surface area contributed by atoms with E-state index in [9.17, 15) is 0 Å². The van der Waals surface area contributed by atoms with E-state index in [0.29, 0.717) is 22.9 Å². The fourth-order valence-corrected chi connectivity index (χ4v) is 15.5. The molecule has 4 atom stereocenters. The Bertz CT molecular complexity index is 5950. The topological polar surface area (TPSA) is 143 Å². The van der Waals surface area contributed by atoms with Gasteiger partial charge in [-0.3, -0.25) is 0 Å². The minimum atomic E-state index is -2.15. The Morgan fingerprint density at radius 1 is 0.353 bits per heavy atom. The van der Waals surface area contributed by atoms with Crippen LogP contribution in [-0.2, 0) is 0 Å². The molecule has 20 nitrogen and oxygen atoms in total. The minimum Gasteiger partial charge on any atom is -0.436 e. The number of nitrogens with zero attached hydrogens (tertiary/aromatic N) is 16. The Kier molecular flexibility index (Phi) is 15.0. The molecule has 8 aromatic heterocycles. The lowest BCUT2D eigenvalue weighted by atomic mass is 9.69. The van der Waals surface area contributed by atoms with Crippen molar-refractivity contribution in [2.45, 2.75) is 52.4 Å². The lowest BCUT2D eigenvalue weighted by Crippen LogP contribution is -2.56. The van der Waals surface area contributed by atoms with Crippen molar-refractivity contribution in [3.63, 3.8) is 0 Å². The molecular weight excluding hydrogens is 1270 g/mol. The molecule has 4 aromatic carbocycles. The Morgan fingerprint density at radius 2 is 0.716 bits per heavy atom. The molecule has 0 amide bonds. The van der Waals surface area contributed by atoms with Crippen LogP contribution in [0.1, 0.15) is 31.8 Å². The highest BCUT2D eigenvalue weighted by molar-refractivity contribution is 6.76. The van der Waals surface area contributed by atoms with Crippen LogP contribution < -0.4 is 66.9 Å². The SMILES string of the molecule is C[C@@H]1N(B2C=c3c(oc4ncccc34)=CN2C)C=CN1c1ccccc1.C[C@@H]1N(B2C=c3c(oc4ncccc34)=CN2C)c2ccccc2N1c1ccccc1.C[C@H]1N(C)c2ccccc2N1B1C=c2c(oc3ncccc23)=CN1C.[2H]C([2H])([2H])N1C=CN(B2C=c3c(oc4ncccc34)=CN2C)[C@H]1C. The lowest BCUT2D eigenvalue weighted by Gasteiger charge is -2.37. The van der Waals surface area contributed by atoms with Crippen LogP contribution >= 0.6 is 0 Å². The largest absolute Gasteiger partial charge is 0.436 e. The number of para-hydroxylation sites is 6. The maximum Gasteiger partial charge on any atom is 0.405 e. The number of rotatable bonds is 6. The van der Waals surface area contributed by atoms with E-state index < -0.39 is 6.98 Å². The molecule has 504 valence electrons. The van der Waals surface area contributed by atoms with E-state index in [1.165, 1.54) is 39.0 Å². The summed E-state index contributed by atoms with van der Waals surface area (Å²) in [5.41, 5.74) is 13.4. The predicted octanol–water partition coefficient (Wildman–Crippen LogP) is 7.29. The number of aromatic nitrogens is 4. The number of furan rings is 4. The van der Waals surface area contributed by atoms with Crippen molar-refractivity contribution < 1.29 is 21.8 Å².